The van der Waals surface area contributed by atoms with Gasteiger partial charge in [-0.15, -0.1) is 0 Å². The van der Waals surface area contributed by atoms with Gasteiger partial charge in [-0.3, -0.25) is 9.69 Å². The lowest BCUT2D eigenvalue weighted by molar-refractivity contribution is -0.177. The van der Waals surface area contributed by atoms with Gasteiger partial charge in [-0.1, -0.05) is 48.5 Å². The number of amides is 1. The van der Waals surface area contributed by atoms with Crippen LogP contribution in [0.4, 0.5) is 13.2 Å². The molecule has 1 aliphatic heterocycles. The molecule has 0 spiro atoms. The van der Waals surface area contributed by atoms with Gasteiger partial charge in [0.25, 0.3) is 0 Å². The number of phenolic OH excluding ortho intramolecular Hbond substituents is 1. The Balaban J connectivity index is 1.29. The van der Waals surface area contributed by atoms with Crippen LogP contribution < -0.4 is 4.74 Å². The van der Waals surface area contributed by atoms with Crippen molar-refractivity contribution in [1.29, 1.82) is 0 Å². The summed E-state index contributed by atoms with van der Waals surface area (Å²) in [6.07, 6.45) is 1.86. The van der Waals surface area contributed by atoms with Crippen LogP contribution in [-0.4, -0.2) is 70.9 Å². The third-order valence-corrected chi connectivity index (χ3v) is 10.5. The number of fused-ring (bicyclic) bond motifs is 1. The van der Waals surface area contributed by atoms with Crippen LogP contribution in [-0.2, 0) is 29.2 Å². The van der Waals surface area contributed by atoms with Crippen molar-refractivity contribution in [2.45, 2.75) is 67.8 Å². The van der Waals surface area contributed by atoms with Crippen LogP contribution in [0.25, 0.3) is 6.08 Å². The zero-order valence-corrected chi connectivity index (χ0v) is 25.6. The maximum atomic E-state index is 13.4. The fourth-order valence-corrected chi connectivity index (χ4v) is 8.17. The number of likely N-dealkylation sites (N-methyl/N-ethyl adjacent to an activating group) is 1. The van der Waals surface area contributed by atoms with Crippen LogP contribution in [0.1, 0.15) is 53.5 Å². The maximum Gasteiger partial charge on any atom is 0.416 e. The first-order chi connectivity index (χ1) is 21.5. The lowest BCUT2D eigenvalue weighted by Crippen LogP contribution is -2.74. The quantitative estimate of drug-likeness (QED) is 0.318. The Kier molecular flexibility index (Phi) is 8.20. The normalized spacial score (nSPS) is 26.3. The van der Waals surface area contributed by atoms with Gasteiger partial charge in [-0.2, -0.15) is 13.2 Å². The number of ether oxygens (including phenoxy) is 1. The van der Waals surface area contributed by atoms with Crippen molar-refractivity contribution in [2.75, 3.05) is 27.2 Å². The van der Waals surface area contributed by atoms with Gasteiger partial charge in [-0.25, -0.2) is 0 Å². The van der Waals surface area contributed by atoms with E-state index in [0.717, 1.165) is 42.8 Å². The number of rotatable bonds is 7. The number of phenols is 1. The second kappa shape index (κ2) is 11.8. The number of piperidine rings is 1. The summed E-state index contributed by atoms with van der Waals surface area (Å²) in [5, 5.41) is 23.6. The van der Waals surface area contributed by atoms with Gasteiger partial charge < -0.3 is 19.8 Å². The number of benzene rings is 3. The molecule has 0 unspecified atom stereocenters. The highest BCUT2D eigenvalue weighted by Crippen LogP contribution is 2.61. The van der Waals surface area contributed by atoms with E-state index >= 15 is 0 Å². The molecule has 6 nitrogen and oxygen atoms in total. The molecule has 1 saturated heterocycles. The fourth-order valence-electron chi connectivity index (χ4n) is 8.17. The minimum atomic E-state index is -4.47. The summed E-state index contributed by atoms with van der Waals surface area (Å²) in [4.78, 5) is 17.4. The highest BCUT2D eigenvalue weighted by Gasteiger charge is 2.66. The Hall–Kier alpha value is -3.82. The average Bonchev–Trinajstić information content (AvgIpc) is 3.03. The molecule has 9 heteroatoms. The summed E-state index contributed by atoms with van der Waals surface area (Å²) >= 11 is 0. The van der Waals surface area contributed by atoms with E-state index < -0.39 is 22.8 Å². The van der Waals surface area contributed by atoms with Crippen molar-refractivity contribution in [3.8, 4) is 11.5 Å². The third-order valence-electron chi connectivity index (χ3n) is 10.5. The Labute approximate surface area is 261 Å². The molecule has 2 aliphatic carbocycles. The second-order valence-electron chi connectivity index (χ2n) is 12.7. The van der Waals surface area contributed by atoms with Crippen LogP contribution >= 0.6 is 0 Å². The summed E-state index contributed by atoms with van der Waals surface area (Å²) < 4.78 is 45.3. The standard InChI is InChI=1S/C36H39F3N2O4/c1-40(31(43)14-11-25-9-6-10-27(21-25)36(37,38)39)28-15-17-35(44)30-22-26-12-13-29(42)33(45-2)32(26)34(35,23-28)18-20-41(30)19-16-24-7-4-3-5-8-24/h3-14,21,28,30,42,44H,15-20,22-23H2,1-2H3/t28-,30+,34+,35+/m0/s1. The first kappa shape index (κ1) is 31.2. The highest BCUT2D eigenvalue weighted by molar-refractivity contribution is 5.91. The zero-order chi connectivity index (χ0) is 32.0. The lowest BCUT2D eigenvalue weighted by atomic mass is 9.48. The van der Waals surface area contributed by atoms with Crippen molar-refractivity contribution in [3.63, 3.8) is 0 Å². The predicted octanol–water partition coefficient (Wildman–Crippen LogP) is 5.99. The largest absolute Gasteiger partial charge is 0.504 e. The van der Waals surface area contributed by atoms with Crippen molar-refractivity contribution < 1.29 is 32.9 Å². The minimum absolute atomic E-state index is 0.0218. The van der Waals surface area contributed by atoms with Gasteiger partial charge in [0.1, 0.15) is 0 Å². The second-order valence-corrected chi connectivity index (χ2v) is 12.7. The topological polar surface area (TPSA) is 73.2 Å². The molecule has 0 aromatic heterocycles. The number of hydrogen-bond acceptors (Lipinski definition) is 5. The van der Waals surface area contributed by atoms with Crippen molar-refractivity contribution >= 4 is 12.0 Å². The Bertz CT molecular complexity index is 1590. The molecule has 238 valence electrons. The molecule has 4 atom stereocenters. The van der Waals surface area contributed by atoms with E-state index in [-0.39, 0.29) is 29.3 Å². The van der Waals surface area contributed by atoms with Crippen LogP contribution in [0.15, 0.2) is 72.8 Å². The Morgan fingerprint density at radius 2 is 1.89 bits per heavy atom. The van der Waals surface area contributed by atoms with E-state index in [2.05, 4.69) is 17.0 Å². The molecule has 6 rings (SSSR count). The van der Waals surface area contributed by atoms with Crippen LogP contribution in [0.5, 0.6) is 11.5 Å². The molecule has 3 aromatic rings. The molecule has 2 bridgehead atoms. The van der Waals surface area contributed by atoms with Crippen LogP contribution in [0, 0.1) is 0 Å². The smallest absolute Gasteiger partial charge is 0.416 e. The first-order valence-electron chi connectivity index (χ1n) is 15.5. The summed E-state index contributed by atoms with van der Waals surface area (Å²) in [6.45, 7) is 1.55. The van der Waals surface area contributed by atoms with Crippen LogP contribution in [0.3, 0.4) is 0 Å². The third kappa shape index (κ3) is 5.50. The Morgan fingerprint density at radius 1 is 1.11 bits per heavy atom. The number of nitrogens with zero attached hydrogens (tertiary/aromatic N) is 2. The number of likely N-dealkylation sites (tertiary alicyclic amines) is 1. The molecule has 2 fully saturated rings. The number of carbonyl (C=O) groups is 1. The summed E-state index contributed by atoms with van der Waals surface area (Å²) in [7, 11) is 3.24. The van der Waals surface area contributed by atoms with Gasteiger partial charge >= 0.3 is 6.18 Å². The van der Waals surface area contributed by atoms with Crippen molar-refractivity contribution in [2.24, 2.45) is 0 Å². The van der Waals surface area contributed by atoms with Crippen molar-refractivity contribution in [3.05, 3.63) is 101 Å². The number of alkyl halides is 3. The highest BCUT2D eigenvalue weighted by atomic mass is 19.4. The summed E-state index contributed by atoms with van der Waals surface area (Å²) in [5.74, 6) is 0.0738. The molecule has 1 amide bonds. The van der Waals surface area contributed by atoms with Gasteiger partial charge in [-0.05, 0) is 86.0 Å². The average molecular weight is 621 g/mol. The summed E-state index contributed by atoms with van der Waals surface area (Å²) in [5.41, 5.74) is 0.750. The SMILES string of the molecule is COc1c(O)ccc2c1[C@]13CCN(CCc4ccccc4)[C@H](C2)[C@]1(O)CC[C@H](N(C)C(=O)C=Cc1cccc(C(F)(F)F)c1)C3. The van der Waals surface area contributed by atoms with E-state index in [4.69, 9.17) is 4.74 Å². The van der Waals surface area contributed by atoms with Gasteiger partial charge in [0.15, 0.2) is 11.5 Å². The zero-order valence-electron chi connectivity index (χ0n) is 25.6. The monoisotopic (exact) mass is 620 g/mol. The molecule has 1 heterocycles. The number of aromatic hydroxyl groups is 1. The predicted molar refractivity (Wildman–Crippen MR) is 166 cm³/mol. The Morgan fingerprint density at radius 3 is 2.62 bits per heavy atom. The molecule has 1 saturated carbocycles. The molecule has 3 aliphatic rings. The molecular weight excluding hydrogens is 581 g/mol. The number of aliphatic hydroxyl groups is 1. The van der Waals surface area contributed by atoms with E-state index in [1.807, 2.05) is 24.3 Å². The maximum absolute atomic E-state index is 13.4. The van der Waals surface area contributed by atoms with E-state index in [0.29, 0.717) is 37.9 Å². The molecule has 3 aromatic carbocycles. The van der Waals surface area contributed by atoms with Gasteiger partial charge in [0.05, 0.1) is 18.3 Å². The van der Waals surface area contributed by atoms with Gasteiger partial charge in [0, 0.05) is 42.7 Å². The van der Waals surface area contributed by atoms with Crippen molar-refractivity contribution in [1.82, 2.24) is 9.80 Å². The number of methoxy groups -OCH3 is 1. The summed E-state index contributed by atoms with van der Waals surface area (Å²) in [6, 6.07) is 18.4. The lowest BCUT2D eigenvalue weighted by Gasteiger charge is -2.65. The first-order valence-corrected chi connectivity index (χ1v) is 15.5. The van der Waals surface area contributed by atoms with E-state index in [1.54, 1.807) is 18.0 Å². The fraction of sp³-hybridized carbons (Fsp3) is 0.417. The van der Waals surface area contributed by atoms with E-state index in [1.165, 1.54) is 37.0 Å². The molecule has 2 N–H and O–H groups in total. The minimum Gasteiger partial charge on any atom is -0.504 e. The molecule has 45 heavy (non-hydrogen) atoms. The number of hydrogen-bond donors (Lipinski definition) is 2. The van der Waals surface area contributed by atoms with Gasteiger partial charge in [0.2, 0.25) is 5.91 Å². The van der Waals surface area contributed by atoms with E-state index in [9.17, 15) is 28.2 Å². The number of carbonyl (C=O) groups excluding carboxylic acids is 1. The molecule has 0 radical (unpaired) electrons. The van der Waals surface area contributed by atoms with Crippen LogP contribution in [0.2, 0.25) is 0 Å². The molecular formula is C36H39F3N2O4. The number of halogens is 3.